The average Bonchev–Trinajstić information content (AvgIpc) is 2.50. The molecule has 16 heavy (non-hydrogen) atoms. The van der Waals surface area contributed by atoms with Gasteiger partial charge >= 0.3 is 5.97 Å². The zero-order chi connectivity index (χ0) is 12.3. The Morgan fingerprint density at radius 1 is 1.62 bits per heavy atom. The van der Waals surface area contributed by atoms with Crippen molar-refractivity contribution in [3.8, 4) is 0 Å². The van der Waals surface area contributed by atoms with Crippen molar-refractivity contribution in [3.05, 3.63) is 12.2 Å². The molecule has 2 unspecified atom stereocenters. The van der Waals surface area contributed by atoms with Gasteiger partial charge in [-0.15, -0.1) is 0 Å². The SMILES string of the molecule is CC(C)C(C(=O)O)S(=O)Cc1ncnn1C. The third-order valence-corrected chi connectivity index (χ3v) is 4.06. The molecule has 1 rings (SSSR count). The van der Waals surface area contributed by atoms with Gasteiger partial charge in [-0.05, 0) is 5.92 Å². The minimum absolute atomic E-state index is 0.117. The third-order valence-electron chi connectivity index (χ3n) is 2.21. The Kier molecular flexibility index (Phi) is 4.17. The monoisotopic (exact) mass is 245 g/mol. The van der Waals surface area contributed by atoms with Crippen molar-refractivity contribution in [1.29, 1.82) is 0 Å². The van der Waals surface area contributed by atoms with E-state index >= 15 is 0 Å². The Morgan fingerprint density at radius 2 is 2.25 bits per heavy atom. The molecule has 0 bridgehead atoms. The lowest BCUT2D eigenvalue weighted by Crippen LogP contribution is -2.32. The van der Waals surface area contributed by atoms with Crippen LogP contribution in [0.5, 0.6) is 0 Å². The second kappa shape index (κ2) is 5.20. The first-order chi connectivity index (χ1) is 7.43. The first kappa shape index (κ1) is 12.8. The highest BCUT2D eigenvalue weighted by Crippen LogP contribution is 2.13. The maximum Gasteiger partial charge on any atom is 0.319 e. The first-order valence-corrected chi connectivity index (χ1v) is 6.24. The van der Waals surface area contributed by atoms with Gasteiger partial charge in [-0.2, -0.15) is 5.10 Å². The minimum Gasteiger partial charge on any atom is -0.480 e. The fourth-order valence-corrected chi connectivity index (χ4v) is 2.90. The second-order valence-corrected chi connectivity index (χ2v) is 5.39. The molecule has 90 valence electrons. The van der Waals surface area contributed by atoms with E-state index in [-0.39, 0.29) is 11.7 Å². The van der Waals surface area contributed by atoms with Crippen LogP contribution in [0.3, 0.4) is 0 Å². The van der Waals surface area contributed by atoms with E-state index in [1.807, 2.05) is 0 Å². The van der Waals surface area contributed by atoms with Crippen molar-refractivity contribution >= 4 is 16.8 Å². The third kappa shape index (κ3) is 2.88. The number of rotatable bonds is 5. The van der Waals surface area contributed by atoms with Crippen LogP contribution in [-0.4, -0.2) is 35.3 Å². The van der Waals surface area contributed by atoms with E-state index in [9.17, 15) is 9.00 Å². The van der Waals surface area contributed by atoms with Crippen molar-refractivity contribution in [3.63, 3.8) is 0 Å². The summed E-state index contributed by atoms with van der Waals surface area (Å²) in [4.78, 5) is 14.9. The van der Waals surface area contributed by atoms with Crippen LogP contribution in [0.2, 0.25) is 0 Å². The average molecular weight is 245 g/mol. The Hall–Kier alpha value is -1.24. The van der Waals surface area contributed by atoms with Gasteiger partial charge in [0.2, 0.25) is 0 Å². The topological polar surface area (TPSA) is 85.1 Å². The van der Waals surface area contributed by atoms with Gasteiger partial charge in [0.15, 0.2) is 0 Å². The highest BCUT2D eigenvalue weighted by atomic mass is 32.2. The number of aryl methyl sites for hydroxylation is 1. The number of carboxylic acids is 1. The molecule has 0 aliphatic rings. The number of hydrogen-bond donors (Lipinski definition) is 1. The summed E-state index contributed by atoms with van der Waals surface area (Å²) in [7, 11) is 0.205. The normalized spacial score (nSPS) is 15.0. The molecule has 0 spiro atoms. The summed E-state index contributed by atoms with van der Waals surface area (Å²) in [5.74, 6) is -0.557. The van der Waals surface area contributed by atoms with Gasteiger partial charge in [0.1, 0.15) is 17.4 Å². The van der Waals surface area contributed by atoms with Gasteiger partial charge in [0.25, 0.3) is 0 Å². The fraction of sp³-hybridized carbons (Fsp3) is 0.667. The Morgan fingerprint density at radius 3 is 2.62 bits per heavy atom. The van der Waals surface area contributed by atoms with E-state index in [2.05, 4.69) is 10.1 Å². The Bertz CT molecular complexity index is 402. The molecule has 0 saturated carbocycles. The number of nitrogens with zero attached hydrogens (tertiary/aromatic N) is 3. The molecule has 0 fully saturated rings. The van der Waals surface area contributed by atoms with E-state index in [0.29, 0.717) is 5.82 Å². The van der Waals surface area contributed by atoms with Crippen LogP contribution < -0.4 is 0 Å². The molecule has 0 radical (unpaired) electrons. The van der Waals surface area contributed by atoms with Crippen LogP contribution in [0, 0.1) is 5.92 Å². The Labute approximate surface area is 96.1 Å². The van der Waals surface area contributed by atoms with Gasteiger partial charge in [-0.3, -0.25) is 13.7 Å². The lowest BCUT2D eigenvalue weighted by molar-refractivity contribution is -0.137. The van der Waals surface area contributed by atoms with Crippen LogP contribution in [0.4, 0.5) is 0 Å². The summed E-state index contributed by atoms with van der Waals surface area (Å²) < 4.78 is 13.4. The van der Waals surface area contributed by atoms with Crippen molar-refractivity contribution in [2.75, 3.05) is 0 Å². The zero-order valence-corrected chi connectivity index (χ0v) is 10.3. The van der Waals surface area contributed by atoms with Crippen molar-refractivity contribution < 1.29 is 14.1 Å². The van der Waals surface area contributed by atoms with Crippen molar-refractivity contribution in [2.24, 2.45) is 13.0 Å². The molecule has 1 N–H and O–H groups in total. The largest absolute Gasteiger partial charge is 0.480 e. The van der Waals surface area contributed by atoms with Crippen molar-refractivity contribution in [1.82, 2.24) is 14.8 Å². The molecule has 0 amide bonds. The van der Waals surface area contributed by atoms with E-state index in [1.165, 1.54) is 11.0 Å². The fourth-order valence-electron chi connectivity index (χ4n) is 1.37. The number of carboxylic acid groups (broad SMARTS) is 1. The lowest BCUT2D eigenvalue weighted by atomic mass is 10.1. The predicted molar refractivity (Wildman–Crippen MR) is 59.1 cm³/mol. The molecule has 0 aliphatic heterocycles. The quantitative estimate of drug-likeness (QED) is 0.799. The van der Waals surface area contributed by atoms with Crippen LogP contribution in [-0.2, 0) is 28.4 Å². The number of aliphatic carboxylic acids is 1. The molecule has 0 saturated heterocycles. The molecule has 2 atom stereocenters. The van der Waals surface area contributed by atoms with E-state index in [1.54, 1.807) is 20.9 Å². The van der Waals surface area contributed by atoms with E-state index in [4.69, 9.17) is 5.11 Å². The molecule has 0 aliphatic carbocycles. The van der Waals surface area contributed by atoms with Gasteiger partial charge < -0.3 is 5.11 Å². The van der Waals surface area contributed by atoms with E-state index < -0.39 is 22.0 Å². The summed E-state index contributed by atoms with van der Waals surface area (Å²) in [5, 5.41) is 12.0. The molecule has 6 nitrogen and oxygen atoms in total. The highest BCUT2D eigenvalue weighted by Gasteiger charge is 2.28. The molecular weight excluding hydrogens is 230 g/mol. The van der Waals surface area contributed by atoms with Crippen LogP contribution in [0.1, 0.15) is 19.7 Å². The van der Waals surface area contributed by atoms with Crippen LogP contribution >= 0.6 is 0 Å². The molecule has 7 heteroatoms. The molecule has 0 aromatic carbocycles. The highest BCUT2D eigenvalue weighted by molar-refractivity contribution is 7.85. The summed E-state index contributed by atoms with van der Waals surface area (Å²) in [6, 6.07) is 0. The summed E-state index contributed by atoms with van der Waals surface area (Å²) >= 11 is 0. The minimum atomic E-state index is -1.48. The standard InChI is InChI=1S/C9H15N3O3S/c1-6(2)8(9(13)14)16(15)4-7-10-5-11-12(7)3/h5-6,8H,4H2,1-3H3,(H,13,14). The van der Waals surface area contributed by atoms with Crippen LogP contribution in [0.25, 0.3) is 0 Å². The van der Waals surface area contributed by atoms with Crippen LogP contribution in [0.15, 0.2) is 6.33 Å². The number of hydrogen-bond acceptors (Lipinski definition) is 4. The molecule has 1 heterocycles. The number of carbonyl (C=O) groups is 1. The van der Waals surface area contributed by atoms with E-state index in [0.717, 1.165) is 0 Å². The maximum absolute atomic E-state index is 11.9. The summed E-state index contributed by atoms with van der Waals surface area (Å²) in [5.41, 5.74) is 0. The maximum atomic E-state index is 11.9. The second-order valence-electron chi connectivity index (χ2n) is 3.83. The smallest absolute Gasteiger partial charge is 0.319 e. The molecular formula is C9H15N3O3S. The zero-order valence-electron chi connectivity index (χ0n) is 9.45. The van der Waals surface area contributed by atoms with Gasteiger partial charge in [0, 0.05) is 17.8 Å². The first-order valence-electron chi connectivity index (χ1n) is 4.86. The molecule has 1 aromatic heterocycles. The predicted octanol–water partition coefficient (Wildman–Crippen LogP) is 0.173. The molecule has 1 aromatic rings. The summed E-state index contributed by atoms with van der Waals surface area (Å²) in [6.45, 7) is 3.49. The Balaban J connectivity index is 2.78. The van der Waals surface area contributed by atoms with Crippen molar-refractivity contribution in [2.45, 2.75) is 24.9 Å². The van der Waals surface area contributed by atoms with Gasteiger partial charge in [-0.25, -0.2) is 4.98 Å². The van der Waals surface area contributed by atoms with Gasteiger partial charge in [-0.1, -0.05) is 13.8 Å². The summed E-state index contributed by atoms with van der Waals surface area (Å²) in [6.07, 6.45) is 1.36. The van der Waals surface area contributed by atoms with Gasteiger partial charge in [0.05, 0.1) is 5.75 Å². The number of aromatic nitrogens is 3. The lowest BCUT2D eigenvalue weighted by Gasteiger charge is -2.15.